The molecule has 0 unspecified atom stereocenters. The minimum atomic E-state index is -0.571. The van der Waals surface area contributed by atoms with Gasteiger partial charge in [-0.15, -0.1) is 0 Å². The fourth-order valence-electron chi connectivity index (χ4n) is 3.29. The Morgan fingerprint density at radius 3 is 2.52 bits per heavy atom. The third-order valence-corrected chi connectivity index (χ3v) is 6.39. The summed E-state index contributed by atoms with van der Waals surface area (Å²) in [5.74, 6) is 0.549. The van der Waals surface area contributed by atoms with Crippen molar-refractivity contribution >= 4 is 45.2 Å². The Morgan fingerprint density at radius 1 is 1.21 bits per heavy atom. The number of benzene rings is 2. The number of carbonyl (C=O) groups excluding carboxylic acids is 1. The predicted molar refractivity (Wildman–Crippen MR) is 132 cm³/mol. The van der Waals surface area contributed by atoms with Crippen molar-refractivity contribution in [2.45, 2.75) is 20.4 Å². The van der Waals surface area contributed by atoms with Gasteiger partial charge >= 0.3 is 0 Å². The summed E-state index contributed by atoms with van der Waals surface area (Å²) in [6.45, 7) is 4.37. The van der Waals surface area contributed by atoms with E-state index in [-0.39, 0.29) is 5.57 Å². The second-order valence-corrected chi connectivity index (χ2v) is 8.41. The smallest absolute Gasteiger partial charge is 0.266 e. The monoisotopic (exact) mass is 528 g/mol. The van der Waals surface area contributed by atoms with Crippen LogP contribution in [-0.4, -0.2) is 29.9 Å². The van der Waals surface area contributed by atoms with E-state index in [0.717, 1.165) is 21.4 Å². The van der Waals surface area contributed by atoms with Gasteiger partial charge in [-0.1, -0.05) is 17.7 Å². The number of carbonyl (C=O) groups is 1. The maximum Gasteiger partial charge on any atom is 0.266 e. The number of aryl methyl sites for hydroxylation is 1. The third-order valence-electron chi connectivity index (χ3n) is 5.00. The zero-order chi connectivity index (χ0) is 24.1. The summed E-state index contributed by atoms with van der Waals surface area (Å²) in [7, 11) is 3.08. The Hall–Kier alpha value is -3.28. The average molecular weight is 530 g/mol. The molecule has 33 heavy (non-hydrogen) atoms. The molecule has 2 aromatic carbocycles. The number of methoxy groups -OCH3 is 2. The fraction of sp³-hybridized carbons (Fsp3) is 0.208. The van der Waals surface area contributed by atoms with Crippen molar-refractivity contribution in [3.05, 3.63) is 74.0 Å². The van der Waals surface area contributed by atoms with Crippen LogP contribution in [0.4, 0.5) is 5.69 Å². The molecule has 3 rings (SSSR count). The third kappa shape index (κ3) is 5.56. The summed E-state index contributed by atoms with van der Waals surface area (Å²) in [4.78, 5) is 12.8. The minimum Gasteiger partial charge on any atom is -0.496 e. The van der Waals surface area contributed by atoms with E-state index in [2.05, 4.69) is 26.3 Å². The van der Waals surface area contributed by atoms with E-state index in [1.54, 1.807) is 37.4 Å². The molecule has 1 aromatic heterocycles. The van der Waals surface area contributed by atoms with E-state index >= 15 is 0 Å². The molecule has 1 N–H and O–H groups in total. The fourth-order valence-corrected chi connectivity index (χ4v) is 3.74. The van der Waals surface area contributed by atoms with Crippen LogP contribution in [0.25, 0.3) is 6.08 Å². The Morgan fingerprint density at radius 2 is 1.91 bits per heavy atom. The first-order valence-electron chi connectivity index (χ1n) is 9.90. The summed E-state index contributed by atoms with van der Waals surface area (Å²) in [6.07, 6.45) is 1.52. The van der Waals surface area contributed by atoms with Crippen LogP contribution < -0.4 is 14.8 Å². The van der Waals surface area contributed by atoms with Crippen molar-refractivity contribution in [3.8, 4) is 17.6 Å². The number of hydrogen-bond donors (Lipinski definition) is 1. The second kappa shape index (κ2) is 10.6. The first-order chi connectivity index (χ1) is 15.8. The quantitative estimate of drug-likeness (QED) is 0.321. The van der Waals surface area contributed by atoms with Crippen molar-refractivity contribution in [2.75, 3.05) is 19.5 Å². The highest BCUT2D eigenvalue weighted by Gasteiger charge is 2.15. The predicted octanol–water partition coefficient (Wildman–Crippen LogP) is 5.53. The molecule has 0 aliphatic rings. The van der Waals surface area contributed by atoms with Gasteiger partial charge in [0.25, 0.3) is 5.91 Å². The summed E-state index contributed by atoms with van der Waals surface area (Å²) in [5.41, 5.74) is 3.73. The van der Waals surface area contributed by atoms with E-state index in [1.165, 1.54) is 13.2 Å². The number of nitrogens with one attached hydrogen (secondary N) is 1. The molecule has 0 spiro atoms. The first-order valence-corrected chi connectivity index (χ1v) is 11.1. The Bertz CT molecular complexity index is 1280. The van der Waals surface area contributed by atoms with E-state index in [9.17, 15) is 10.1 Å². The van der Waals surface area contributed by atoms with Crippen LogP contribution in [0.3, 0.4) is 0 Å². The van der Waals surface area contributed by atoms with Crippen molar-refractivity contribution < 1.29 is 14.3 Å². The number of nitriles is 1. The van der Waals surface area contributed by atoms with Crippen LogP contribution in [0.15, 0.2) is 46.4 Å². The Labute approximate surface area is 205 Å². The standard InChI is InChI=1S/C24H22BrClN4O3/c1-14-23(25)15(2)30(29-14)13-18-10-16(5-7-21(18)32-3)9-17(12-27)24(31)28-20-11-19(26)6-8-22(20)33-4/h5-11H,13H2,1-4H3,(H,28,31). The van der Waals surface area contributed by atoms with Crippen molar-refractivity contribution in [3.63, 3.8) is 0 Å². The molecule has 0 atom stereocenters. The molecule has 0 saturated heterocycles. The summed E-state index contributed by atoms with van der Waals surface area (Å²) in [6, 6.07) is 12.3. The number of halogens is 2. The molecule has 0 bridgehead atoms. The number of aromatic nitrogens is 2. The molecule has 7 nitrogen and oxygen atoms in total. The molecule has 3 aromatic rings. The first kappa shape index (κ1) is 24.4. The van der Waals surface area contributed by atoms with Crippen LogP contribution in [0, 0.1) is 25.2 Å². The summed E-state index contributed by atoms with van der Waals surface area (Å²) < 4.78 is 13.6. The number of nitrogens with zero attached hydrogens (tertiary/aromatic N) is 3. The SMILES string of the molecule is COc1ccc(C=C(C#N)C(=O)Nc2cc(Cl)ccc2OC)cc1Cn1nc(C)c(Br)c1C. The van der Waals surface area contributed by atoms with Gasteiger partial charge in [-0.05, 0) is 71.7 Å². The molecule has 170 valence electrons. The molecule has 0 fully saturated rings. The van der Waals surface area contributed by atoms with E-state index in [1.807, 2.05) is 30.7 Å². The van der Waals surface area contributed by atoms with Gasteiger partial charge in [0.05, 0.1) is 42.3 Å². The van der Waals surface area contributed by atoms with Crippen LogP contribution in [-0.2, 0) is 11.3 Å². The Balaban J connectivity index is 1.91. The van der Waals surface area contributed by atoms with Crippen molar-refractivity contribution in [2.24, 2.45) is 0 Å². The van der Waals surface area contributed by atoms with Gasteiger partial charge in [0.2, 0.25) is 0 Å². The molecule has 9 heteroatoms. The van der Waals surface area contributed by atoms with Gasteiger partial charge in [0.15, 0.2) is 0 Å². The van der Waals surface area contributed by atoms with Gasteiger partial charge in [0.1, 0.15) is 23.1 Å². The van der Waals surface area contributed by atoms with Gasteiger partial charge in [-0.3, -0.25) is 9.48 Å². The van der Waals surface area contributed by atoms with Crippen molar-refractivity contribution in [1.82, 2.24) is 9.78 Å². The van der Waals surface area contributed by atoms with Crippen LogP contribution in [0.2, 0.25) is 5.02 Å². The lowest BCUT2D eigenvalue weighted by Crippen LogP contribution is -2.14. The van der Waals surface area contributed by atoms with Crippen LogP contribution in [0.1, 0.15) is 22.5 Å². The number of ether oxygens (including phenoxy) is 2. The van der Waals surface area contributed by atoms with Gasteiger partial charge in [-0.2, -0.15) is 10.4 Å². The van der Waals surface area contributed by atoms with E-state index in [0.29, 0.717) is 34.3 Å². The van der Waals surface area contributed by atoms with Gasteiger partial charge in [0, 0.05) is 10.6 Å². The lowest BCUT2D eigenvalue weighted by atomic mass is 10.1. The molecule has 0 aliphatic heterocycles. The molecule has 0 radical (unpaired) electrons. The normalized spacial score (nSPS) is 11.1. The lowest BCUT2D eigenvalue weighted by molar-refractivity contribution is -0.112. The number of amides is 1. The van der Waals surface area contributed by atoms with Gasteiger partial charge in [-0.25, -0.2) is 0 Å². The zero-order valence-electron chi connectivity index (χ0n) is 18.6. The largest absolute Gasteiger partial charge is 0.496 e. The minimum absolute atomic E-state index is 0.0676. The highest BCUT2D eigenvalue weighted by atomic mass is 79.9. The summed E-state index contributed by atoms with van der Waals surface area (Å²) in [5, 5.41) is 17.3. The summed E-state index contributed by atoms with van der Waals surface area (Å²) >= 11 is 9.57. The molecule has 0 aliphatic carbocycles. The maximum atomic E-state index is 12.8. The van der Waals surface area contributed by atoms with Crippen LogP contribution >= 0.6 is 27.5 Å². The molecular weight excluding hydrogens is 508 g/mol. The molecule has 0 saturated carbocycles. The van der Waals surface area contributed by atoms with Crippen molar-refractivity contribution in [1.29, 1.82) is 5.26 Å². The Kier molecular flexibility index (Phi) is 7.79. The molecular formula is C24H22BrClN4O3. The number of hydrogen-bond acceptors (Lipinski definition) is 5. The van der Waals surface area contributed by atoms with Gasteiger partial charge < -0.3 is 14.8 Å². The maximum absolute atomic E-state index is 12.8. The van der Waals surface area contributed by atoms with Crippen LogP contribution in [0.5, 0.6) is 11.5 Å². The average Bonchev–Trinajstić information content (AvgIpc) is 3.04. The van der Waals surface area contributed by atoms with E-state index in [4.69, 9.17) is 21.1 Å². The second-order valence-electron chi connectivity index (χ2n) is 7.18. The zero-order valence-corrected chi connectivity index (χ0v) is 20.9. The highest BCUT2D eigenvalue weighted by molar-refractivity contribution is 9.10. The topological polar surface area (TPSA) is 89.2 Å². The molecule has 1 amide bonds. The molecule has 1 heterocycles. The lowest BCUT2D eigenvalue weighted by Gasteiger charge is -2.12. The number of anilines is 1. The highest BCUT2D eigenvalue weighted by Crippen LogP contribution is 2.29. The number of rotatable bonds is 7. The van der Waals surface area contributed by atoms with E-state index < -0.39 is 5.91 Å².